The van der Waals surface area contributed by atoms with Crippen LogP contribution < -0.4 is 4.90 Å². The summed E-state index contributed by atoms with van der Waals surface area (Å²) in [5.41, 5.74) is 1.85. The van der Waals surface area contributed by atoms with Crippen LogP contribution in [0.4, 0.5) is 5.69 Å². The van der Waals surface area contributed by atoms with Gasteiger partial charge < -0.3 is 4.90 Å². The summed E-state index contributed by atoms with van der Waals surface area (Å²) >= 11 is 7.77. The summed E-state index contributed by atoms with van der Waals surface area (Å²) < 4.78 is 0.992. The summed E-state index contributed by atoms with van der Waals surface area (Å²) in [7, 11) is 0. The van der Waals surface area contributed by atoms with Gasteiger partial charge in [-0.15, -0.1) is 0 Å². The molecule has 0 spiro atoms. The highest BCUT2D eigenvalue weighted by Gasteiger charge is 2.30. The van der Waals surface area contributed by atoms with E-state index >= 15 is 0 Å². The van der Waals surface area contributed by atoms with Crippen LogP contribution in [0.25, 0.3) is 10.9 Å². The molecule has 0 saturated carbocycles. The highest BCUT2D eigenvalue weighted by atomic mass is 79.9. The van der Waals surface area contributed by atoms with Gasteiger partial charge in [-0.25, -0.2) is 0 Å². The third-order valence-electron chi connectivity index (χ3n) is 3.43. The zero-order valence-corrected chi connectivity index (χ0v) is 12.7. The lowest BCUT2D eigenvalue weighted by Gasteiger charge is -2.18. The molecule has 3 nitrogen and oxygen atoms in total. The molecule has 2 aromatic rings. The monoisotopic (exact) mass is 336 g/mol. The fourth-order valence-electron chi connectivity index (χ4n) is 2.48. The molecule has 1 atom stereocenters. The minimum absolute atomic E-state index is 0.173. The third kappa shape index (κ3) is 2.37. The lowest BCUT2D eigenvalue weighted by Crippen LogP contribution is -2.24. The first-order valence-corrected chi connectivity index (χ1v) is 7.57. The van der Waals surface area contributed by atoms with E-state index < -0.39 is 0 Å². The number of carbonyl (C=O) groups is 1. The molecule has 5 heteroatoms. The van der Waals surface area contributed by atoms with Crippen LogP contribution in [0.15, 0.2) is 34.9 Å². The van der Waals surface area contributed by atoms with E-state index in [1.165, 1.54) is 0 Å². The van der Waals surface area contributed by atoms with Crippen molar-refractivity contribution in [1.29, 1.82) is 0 Å². The fraction of sp³-hybridized carbons (Fsp3) is 0.286. The molecule has 3 rings (SSSR count). The largest absolute Gasteiger partial charge is 0.311 e. The van der Waals surface area contributed by atoms with Crippen LogP contribution in [0, 0.1) is 5.92 Å². The average Bonchev–Trinajstić information content (AvgIpc) is 2.79. The second-order valence-corrected chi connectivity index (χ2v) is 6.03. The Morgan fingerprint density at radius 2 is 2.26 bits per heavy atom. The van der Waals surface area contributed by atoms with E-state index in [4.69, 9.17) is 0 Å². The molecule has 0 radical (unpaired) electrons. The van der Waals surface area contributed by atoms with Crippen molar-refractivity contribution in [1.82, 2.24) is 4.98 Å². The van der Waals surface area contributed by atoms with Gasteiger partial charge in [0, 0.05) is 29.0 Å². The Bertz CT molecular complexity index is 646. The molecule has 1 aromatic carbocycles. The first-order chi connectivity index (χ1) is 9.19. The van der Waals surface area contributed by atoms with Gasteiger partial charge in [0.25, 0.3) is 0 Å². The highest BCUT2D eigenvalue weighted by Crippen LogP contribution is 2.32. The normalized spacial score (nSPS) is 19.4. The Kier molecular flexibility index (Phi) is 3.50. The van der Waals surface area contributed by atoms with Crippen LogP contribution in [0.5, 0.6) is 0 Å². The Hall–Kier alpha value is -1.07. The molecule has 1 saturated heterocycles. The minimum atomic E-state index is 0.173. The lowest BCUT2D eigenvalue weighted by atomic mass is 10.1. The summed E-state index contributed by atoms with van der Waals surface area (Å²) in [5, 5.41) is 1.00. The SMILES string of the molecule is O=C1CC(CS)CN1c1ccnc2ccc(Br)cc12. The van der Waals surface area contributed by atoms with Crippen molar-refractivity contribution in [2.24, 2.45) is 5.92 Å². The van der Waals surface area contributed by atoms with Crippen LogP contribution in [-0.4, -0.2) is 23.2 Å². The molecule has 0 aliphatic carbocycles. The summed E-state index contributed by atoms with van der Waals surface area (Å²) in [5.74, 6) is 1.26. The smallest absolute Gasteiger partial charge is 0.227 e. The van der Waals surface area contributed by atoms with Crippen molar-refractivity contribution in [2.75, 3.05) is 17.2 Å². The number of amides is 1. The number of rotatable bonds is 2. The molecule has 1 aliphatic heterocycles. The van der Waals surface area contributed by atoms with Gasteiger partial charge in [0.15, 0.2) is 0 Å². The molecule has 2 heterocycles. The predicted molar refractivity (Wildman–Crippen MR) is 83.8 cm³/mol. The molecule has 1 aliphatic rings. The number of nitrogens with zero attached hydrogens (tertiary/aromatic N) is 2. The molecular formula is C14H13BrN2OS. The maximum atomic E-state index is 12.1. The van der Waals surface area contributed by atoms with Gasteiger partial charge in [-0.05, 0) is 35.9 Å². The van der Waals surface area contributed by atoms with Crippen LogP contribution in [0.1, 0.15) is 6.42 Å². The number of anilines is 1. The van der Waals surface area contributed by atoms with E-state index in [9.17, 15) is 4.79 Å². The molecule has 1 amide bonds. The zero-order valence-electron chi connectivity index (χ0n) is 10.2. The van der Waals surface area contributed by atoms with Crippen LogP contribution in [0.2, 0.25) is 0 Å². The van der Waals surface area contributed by atoms with E-state index in [2.05, 4.69) is 33.5 Å². The highest BCUT2D eigenvalue weighted by molar-refractivity contribution is 9.10. The maximum absolute atomic E-state index is 12.1. The van der Waals surface area contributed by atoms with Crippen LogP contribution in [0.3, 0.4) is 0 Å². The van der Waals surface area contributed by atoms with E-state index in [1.807, 2.05) is 29.2 Å². The number of halogens is 1. The first-order valence-electron chi connectivity index (χ1n) is 6.14. The maximum Gasteiger partial charge on any atom is 0.227 e. The fourth-order valence-corrected chi connectivity index (χ4v) is 3.08. The number of hydrogen-bond acceptors (Lipinski definition) is 3. The first kappa shape index (κ1) is 12.9. The van der Waals surface area contributed by atoms with E-state index in [0.29, 0.717) is 12.3 Å². The van der Waals surface area contributed by atoms with E-state index in [-0.39, 0.29) is 5.91 Å². The predicted octanol–water partition coefficient (Wildman–Crippen LogP) is 3.28. The van der Waals surface area contributed by atoms with Crippen molar-refractivity contribution in [3.63, 3.8) is 0 Å². The van der Waals surface area contributed by atoms with Crippen LogP contribution >= 0.6 is 28.6 Å². The van der Waals surface area contributed by atoms with E-state index in [1.54, 1.807) is 6.20 Å². The number of aromatic nitrogens is 1. The van der Waals surface area contributed by atoms with Crippen molar-refractivity contribution in [3.05, 3.63) is 34.9 Å². The molecule has 1 aromatic heterocycles. The second kappa shape index (κ2) is 5.13. The van der Waals surface area contributed by atoms with Gasteiger partial charge in [0.05, 0.1) is 11.2 Å². The standard InChI is InChI=1S/C14H13BrN2OS/c15-10-1-2-12-11(6-10)13(3-4-16-12)17-7-9(8-19)5-14(17)18/h1-4,6,9,19H,5,7-8H2. The van der Waals surface area contributed by atoms with Gasteiger partial charge in [-0.3, -0.25) is 9.78 Å². The number of fused-ring (bicyclic) bond motifs is 1. The lowest BCUT2D eigenvalue weighted by molar-refractivity contribution is -0.117. The Balaban J connectivity index is 2.10. The second-order valence-electron chi connectivity index (χ2n) is 4.75. The van der Waals surface area contributed by atoms with E-state index in [0.717, 1.165) is 33.4 Å². The van der Waals surface area contributed by atoms with Crippen molar-refractivity contribution >= 4 is 51.1 Å². The van der Waals surface area contributed by atoms with Gasteiger partial charge in [0.1, 0.15) is 0 Å². The van der Waals surface area contributed by atoms with Gasteiger partial charge in [0.2, 0.25) is 5.91 Å². The van der Waals surface area contributed by atoms with Crippen molar-refractivity contribution in [2.45, 2.75) is 6.42 Å². The quantitative estimate of drug-likeness (QED) is 0.853. The average molecular weight is 337 g/mol. The third-order valence-corrected chi connectivity index (χ3v) is 4.44. The van der Waals surface area contributed by atoms with Crippen molar-refractivity contribution in [3.8, 4) is 0 Å². The summed E-state index contributed by atoms with van der Waals surface area (Å²) in [4.78, 5) is 18.3. The molecule has 1 unspecified atom stereocenters. The number of thiol groups is 1. The zero-order chi connectivity index (χ0) is 13.4. The molecule has 0 bridgehead atoms. The summed E-state index contributed by atoms with van der Waals surface area (Å²) in [6.45, 7) is 0.744. The number of hydrogen-bond donors (Lipinski definition) is 1. The molecular weight excluding hydrogens is 324 g/mol. The van der Waals surface area contributed by atoms with Gasteiger partial charge in [-0.2, -0.15) is 12.6 Å². The molecule has 98 valence electrons. The molecule has 1 fully saturated rings. The van der Waals surface area contributed by atoms with Gasteiger partial charge >= 0.3 is 0 Å². The van der Waals surface area contributed by atoms with Gasteiger partial charge in [-0.1, -0.05) is 15.9 Å². The summed E-state index contributed by atoms with van der Waals surface area (Å²) in [6.07, 6.45) is 2.34. The molecule has 19 heavy (non-hydrogen) atoms. The van der Waals surface area contributed by atoms with Crippen molar-refractivity contribution < 1.29 is 4.79 Å². The van der Waals surface area contributed by atoms with Crippen LogP contribution in [-0.2, 0) is 4.79 Å². The number of benzene rings is 1. The Morgan fingerprint density at radius 1 is 1.42 bits per heavy atom. The number of carbonyl (C=O) groups excluding carboxylic acids is 1. The topological polar surface area (TPSA) is 33.2 Å². The Morgan fingerprint density at radius 3 is 3.00 bits per heavy atom. The minimum Gasteiger partial charge on any atom is -0.311 e. The summed E-state index contributed by atoms with van der Waals surface area (Å²) in [6, 6.07) is 7.84. The Labute approximate surface area is 125 Å². The number of pyridine rings is 1. The molecule has 0 N–H and O–H groups in total.